The summed E-state index contributed by atoms with van der Waals surface area (Å²) in [4.78, 5) is 14.1. The van der Waals surface area contributed by atoms with Crippen LogP contribution in [0.2, 0.25) is 0 Å². The molecule has 1 amide bonds. The fraction of sp³-hybridized carbons (Fsp3) is 0.615. The average Bonchev–Trinajstić information content (AvgIpc) is 2.79. The summed E-state index contributed by atoms with van der Waals surface area (Å²) in [5.41, 5.74) is 5.76. The van der Waals surface area contributed by atoms with Crippen molar-refractivity contribution in [2.24, 2.45) is 16.8 Å². The molecule has 1 aromatic heterocycles. The topological polar surface area (TPSA) is 120 Å². The molecule has 0 aliphatic carbocycles. The Morgan fingerprint density at radius 2 is 2.19 bits per heavy atom. The highest BCUT2D eigenvalue weighted by Crippen LogP contribution is 2.26. The second-order valence-corrected chi connectivity index (χ2v) is 7.03. The van der Waals surface area contributed by atoms with Crippen molar-refractivity contribution >= 4 is 15.9 Å². The first-order valence-electron chi connectivity index (χ1n) is 6.90. The van der Waals surface area contributed by atoms with Gasteiger partial charge in [0.05, 0.1) is 0 Å². The number of amides is 1. The minimum atomic E-state index is -3.90. The van der Waals surface area contributed by atoms with Gasteiger partial charge in [0.15, 0.2) is 5.76 Å². The fourth-order valence-corrected chi connectivity index (χ4v) is 3.57. The lowest BCUT2D eigenvalue weighted by Crippen LogP contribution is -2.51. The predicted octanol–water partition coefficient (Wildman–Crippen LogP) is 0.435. The monoisotopic (exact) mass is 315 g/mol. The zero-order chi connectivity index (χ0) is 15.8. The lowest BCUT2D eigenvalue weighted by Gasteiger charge is -2.38. The highest BCUT2D eigenvalue weighted by Gasteiger charge is 2.33. The first-order chi connectivity index (χ1) is 9.75. The van der Waals surface area contributed by atoms with E-state index >= 15 is 0 Å². The van der Waals surface area contributed by atoms with Crippen LogP contribution in [0.25, 0.3) is 0 Å². The van der Waals surface area contributed by atoms with Crippen LogP contribution >= 0.6 is 0 Å². The van der Waals surface area contributed by atoms with E-state index in [1.807, 2.05) is 0 Å². The molecular formula is C13H21N3O4S. The smallest absolute Gasteiger partial charge is 0.289 e. The maximum atomic E-state index is 12.5. The van der Waals surface area contributed by atoms with E-state index in [0.717, 1.165) is 12.8 Å². The number of furan rings is 1. The highest BCUT2D eigenvalue weighted by molar-refractivity contribution is 7.89. The Morgan fingerprint density at radius 3 is 2.71 bits per heavy atom. The number of hydrogen-bond acceptors (Lipinski definition) is 5. The standard InChI is InChI=1S/C13H21N3O4S/c1-8-4-3-5-16(10(8)7-14)13(17)11-6-12(9(2)20-11)21(15,18)19/h6,8,10H,3-5,7,14H2,1-2H3,(H2,15,18,19)/t8-,10+/m0/s1. The second-order valence-electron chi connectivity index (χ2n) is 5.50. The molecule has 118 valence electrons. The number of hydrogen-bond donors (Lipinski definition) is 2. The number of likely N-dealkylation sites (tertiary alicyclic amines) is 1. The molecule has 21 heavy (non-hydrogen) atoms. The second kappa shape index (κ2) is 5.78. The highest BCUT2D eigenvalue weighted by atomic mass is 32.2. The van der Waals surface area contributed by atoms with Crippen LogP contribution in [0, 0.1) is 12.8 Å². The van der Waals surface area contributed by atoms with Gasteiger partial charge in [0.2, 0.25) is 10.0 Å². The van der Waals surface area contributed by atoms with E-state index in [2.05, 4.69) is 6.92 Å². The Morgan fingerprint density at radius 1 is 1.52 bits per heavy atom. The summed E-state index contributed by atoms with van der Waals surface area (Å²) >= 11 is 0. The van der Waals surface area contributed by atoms with Gasteiger partial charge in [-0.05, 0) is 25.7 Å². The van der Waals surface area contributed by atoms with E-state index in [9.17, 15) is 13.2 Å². The molecule has 0 saturated carbocycles. The molecule has 8 heteroatoms. The molecule has 1 aromatic rings. The summed E-state index contributed by atoms with van der Waals surface area (Å²) in [5.74, 6) is 0.0794. The number of piperidine rings is 1. The van der Waals surface area contributed by atoms with E-state index in [1.54, 1.807) is 4.90 Å². The van der Waals surface area contributed by atoms with Crippen LogP contribution in [0.3, 0.4) is 0 Å². The number of rotatable bonds is 3. The van der Waals surface area contributed by atoms with Crippen LogP contribution in [0.4, 0.5) is 0 Å². The summed E-state index contributed by atoms with van der Waals surface area (Å²) in [5, 5.41) is 5.09. The molecule has 7 nitrogen and oxygen atoms in total. The maximum absolute atomic E-state index is 12.5. The molecule has 0 unspecified atom stereocenters. The summed E-state index contributed by atoms with van der Waals surface area (Å²) < 4.78 is 28.1. The van der Waals surface area contributed by atoms with Crippen molar-refractivity contribution in [2.75, 3.05) is 13.1 Å². The van der Waals surface area contributed by atoms with Crippen LogP contribution in [0.5, 0.6) is 0 Å². The largest absolute Gasteiger partial charge is 0.455 e. The molecule has 4 N–H and O–H groups in total. The van der Waals surface area contributed by atoms with Gasteiger partial charge in [0.1, 0.15) is 10.7 Å². The molecule has 1 saturated heterocycles. The van der Waals surface area contributed by atoms with E-state index < -0.39 is 10.0 Å². The van der Waals surface area contributed by atoms with Crippen LogP contribution < -0.4 is 10.9 Å². The van der Waals surface area contributed by atoms with E-state index in [1.165, 1.54) is 13.0 Å². The van der Waals surface area contributed by atoms with E-state index in [4.69, 9.17) is 15.3 Å². The average molecular weight is 315 g/mol. The van der Waals surface area contributed by atoms with Crippen LogP contribution in [-0.2, 0) is 10.0 Å². The predicted molar refractivity (Wildman–Crippen MR) is 77.1 cm³/mol. The number of nitrogens with zero attached hydrogens (tertiary/aromatic N) is 1. The maximum Gasteiger partial charge on any atom is 0.289 e. The summed E-state index contributed by atoms with van der Waals surface area (Å²) in [6.45, 7) is 4.49. The minimum Gasteiger partial charge on any atom is -0.455 e. The van der Waals surface area contributed by atoms with Gasteiger partial charge in [-0.15, -0.1) is 0 Å². The molecule has 2 rings (SSSR count). The van der Waals surface area contributed by atoms with Gasteiger partial charge in [-0.25, -0.2) is 13.6 Å². The summed E-state index contributed by atoms with van der Waals surface area (Å²) in [6.07, 6.45) is 1.91. The number of primary sulfonamides is 1. The van der Waals surface area contributed by atoms with Crippen molar-refractivity contribution < 1.29 is 17.6 Å². The molecule has 0 aromatic carbocycles. The number of aryl methyl sites for hydroxylation is 1. The van der Waals surface area contributed by atoms with Crippen molar-refractivity contribution in [3.05, 3.63) is 17.6 Å². The molecule has 0 radical (unpaired) electrons. The van der Waals surface area contributed by atoms with Gasteiger partial charge in [0.25, 0.3) is 5.91 Å². The quantitative estimate of drug-likeness (QED) is 0.838. The van der Waals surface area contributed by atoms with Crippen molar-refractivity contribution in [1.82, 2.24) is 4.90 Å². The number of nitrogens with two attached hydrogens (primary N) is 2. The Hall–Kier alpha value is -1.38. The first kappa shape index (κ1) is 16.0. The van der Waals surface area contributed by atoms with Crippen LogP contribution in [-0.4, -0.2) is 38.4 Å². The Bertz CT molecular complexity index is 638. The molecule has 0 bridgehead atoms. The third-order valence-electron chi connectivity index (χ3n) is 4.01. The van der Waals surface area contributed by atoms with Gasteiger partial charge < -0.3 is 15.1 Å². The van der Waals surface area contributed by atoms with Crippen molar-refractivity contribution in [3.8, 4) is 0 Å². The molecule has 0 spiro atoms. The molecule has 1 aliphatic rings. The Balaban J connectivity index is 2.32. The Kier molecular flexibility index (Phi) is 4.40. The van der Waals surface area contributed by atoms with Crippen LogP contribution in [0.1, 0.15) is 36.1 Å². The number of carbonyl (C=O) groups is 1. The Labute approximate surface area is 124 Å². The third kappa shape index (κ3) is 3.12. The first-order valence-corrected chi connectivity index (χ1v) is 8.44. The molecule has 2 atom stereocenters. The SMILES string of the molecule is Cc1oc(C(=O)N2CCC[C@H](C)[C@H]2CN)cc1S(N)(=O)=O. The van der Waals surface area contributed by atoms with Gasteiger partial charge in [0, 0.05) is 25.2 Å². The molecule has 1 aliphatic heterocycles. The molecule has 1 fully saturated rings. The summed E-state index contributed by atoms with van der Waals surface area (Å²) in [6, 6.07) is 1.13. The van der Waals surface area contributed by atoms with Crippen molar-refractivity contribution in [3.63, 3.8) is 0 Å². The zero-order valence-corrected chi connectivity index (χ0v) is 13.0. The van der Waals surface area contributed by atoms with Gasteiger partial charge in [-0.1, -0.05) is 6.92 Å². The van der Waals surface area contributed by atoms with Gasteiger partial charge in [-0.2, -0.15) is 0 Å². The fourth-order valence-electron chi connectivity index (χ4n) is 2.86. The van der Waals surface area contributed by atoms with Gasteiger partial charge >= 0.3 is 0 Å². The third-order valence-corrected chi connectivity index (χ3v) is 5.03. The minimum absolute atomic E-state index is 0.0101. The molecule has 2 heterocycles. The van der Waals surface area contributed by atoms with Crippen molar-refractivity contribution in [1.29, 1.82) is 0 Å². The number of carbonyl (C=O) groups excluding carboxylic acids is 1. The molecular weight excluding hydrogens is 294 g/mol. The van der Waals surface area contributed by atoms with E-state index in [0.29, 0.717) is 19.0 Å². The van der Waals surface area contributed by atoms with Crippen molar-refractivity contribution in [2.45, 2.75) is 37.6 Å². The zero-order valence-electron chi connectivity index (χ0n) is 12.2. The van der Waals surface area contributed by atoms with Crippen LogP contribution in [0.15, 0.2) is 15.4 Å². The summed E-state index contributed by atoms with van der Waals surface area (Å²) in [7, 11) is -3.90. The normalized spacial score (nSPS) is 23.3. The number of sulfonamides is 1. The van der Waals surface area contributed by atoms with E-state index in [-0.39, 0.29) is 28.4 Å². The lowest BCUT2D eigenvalue weighted by atomic mass is 9.90. The van der Waals surface area contributed by atoms with Gasteiger partial charge in [-0.3, -0.25) is 4.79 Å². The lowest BCUT2D eigenvalue weighted by molar-refractivity contribution is 0.0500.